The third-order valence-corrected chi connectivity index (χ3v) is 5.68. The van der Waals surface area contributed by atoms with Gasteiger partial charge in [0, 0.05) is 12.0 Å². The van der Waals surface area contributed by atoms with Gasteiger partial charge in [0.25, 0.3) is 5.91 Å². The molecule has 1 aromatic carbocycles. The van der Waals surface area contributed by atoms with Crippen LogP contribution in [0.2, 0.25) is 0 Å². The van der Waals surface area contributed by atoms with Crippen LogP contribution in [0.15, 0.2) is 24.3 Å². The van der Waals surface area contributed by atoms with Crippen molar-refractivity contribution in [3.63, 3.8) is 0 Å². The number of hydrogen-bond acceptors (Lipinski definition) is 7. The van der Waals surface area contributed by atoms with Crippen molar-refractivity contribution in [2.45, 2.75) is 27.2 Å². The number of carbonyl (C=O) groups is 1. The van der Waals surface area contributed by atoms with Crippen molar-refractivity contribution < 1.29 is 9.53 Å². The predicted molar refractivity (Wildman–Crippen MR) is 105 cm³/mol. The molecule has 0 fully saturated rings. The molecule has 2 aromatic heterocycles. The van der Waals surface area contributed by atoms with Crippen molar-refractivity contribution in [1.29, 1.82) is 0 Å². The number of thiazole rings is 1. The van der Waals surface area contributed by atoms with Crippen LogP contribution >= 0.6 is 22.7 Å². The predicted octanol–water partition coefficient (Wildman–Crippen LogP) is 4.43. The summed E-state index contributed by atoms with van der Waals surface area (Å²) in [6, 6.07) is 7.62. The standard InChI is InChI=1S/C18H20N4O2S2/c1-10(2)9-14-21-22-18(25-14)20-16(23)15-11(3)19-17(26-15)12-5-7-13(24-4)8-6-12/h5-8,10H,9H2,1-4H3,(H,20,22,23). The topological polar surface area (TPSA) is 77.0 Å². The van der Waals surface area contributed by atoms with Gasteiger partial charge < -0.3 is 4.74 Å². The monoisotopic (exact) mass is 388 g/mol. The molecule has 0 radical (unpaired) electrons. The van der Waals surface area contributed by atoms with Crippen molar-refractivity contribution in [3.05, 3.63) is 39.8 Å². The van der Waals surface area contributed by atoms with E-state index in [1.165, 1.54) is 22.7 Å². The van der Waals surface area contributed by atoms with Gasteiger partial charge in [0.15, 0.2) is 0 Å². The largest absolute Gasteiger partial charge is 0.497 e. The van der Waals surface area contributed by atoms with E-state index < -0.39 is 0 Å². The molecule has 0 spiro atoms. The first kappa shape index (κ1) is 18.5. The number of benzene rings is 1. The third-order valence-electron chi connectivity index (χ3n) is 3.61. The molecule has 6 nitrogen and oxygen atoms in total. The average molecular weight is 389 g/mol. The Hall–Kier alpha value is -2.32. The number of ether oxygens (including phenoxy) is 1. The highest BCUT2D eigenvalue weighted by Crippen LogP contribution is 2.30. The molecule has 26 heavy (non-hydrogen) atoms. The van der Waals surface area contributed by atoms with Gasteiger partial charge in [-0.15, -0.1) is 21.5 Å². The number of hydrogen-bond donors (Lipinski definition) is 1. The van der Waals surface area contributed by atoms with E-state index in [9.17, 15) is 4.79 Å². The molecule has 1 N–H and O–H groups in total. The molecule has 136 valence electrons. The minimum Gasteiger partial charge on any atom is -0.497 e. The molecule has 0 unspecified atom stereocenters. The molecule has 0 atom stereocenters. The Morgan fingerprint density at radius 1 is 1.19 bits per heavy atom. The lowest BCUT2D eigenvalue weighted by atomic mass is 10.1. The summed E-state index contributed by atoms with van der Waals surface area (Å²) < 4.78 is 5.17. The van der Waals surface area contributed by atoms with Crippen molar-refractivity contribution in [3.8, 4) is 16.3 Å². The lowest BCUT2D eigenvalue weighted by molar-refractivity contribution is 0.102. The number of nitrogens with one attached hydrogen (secondary N) is 1. The van der Waals surface area contributed by atoms with Crippen LogP contribution in [0.4, 0.5) is 5.13 Å². The molecule has 3 rings (SSSR count). The highest BCUT2D eigenvalue weighted by atomic mass is 32.1. The van der Waals surface area contributed by atoms with Crippen LogP contribution in [0.1, 0.15) is 34.2 Å². The summed E-state index contributed by atoms with van der Waals surface area (Å²) in [6.07, 6.45) is 0.856. The molecule has 8 heteroatoms. The van der Waals surface area contributed by atoms with Gasteiger partial charge >= 0.3 is 0 Å². The maximum absolute atomic E-state index is 12.6. The van der Waals surface area contributed by atoms with Crippen LogP contribution < -0.4 is 10.1 Å². The van der Waals surface area contributed by atoms with Gasteiger partial charge in [0.2, 0.25) is 5.13 Å². The highest BCUT2D eigenvalue weighted by molar-refractivity contribution is 7.17. The lowest BCUT2D eigenvalue weighted by Gasteiger charge is -2.00. The van der Waals surface area contributed by atoms with Crippen LogP contribution in [0, 0.1) is 12.8 Å². The Kier molecular flexibility index (Phi) is 5.63. The Balaban J connectivity index is 1.75. The molecule has 2 heterocycles. The van der Waals surface area contributed by atoms with E-state index in [1.807, 2.05) is 31.2 Å². The van der Waals surface area contributed by atoms with E-state index in [-0.39, 0.29) is 5.91 Å². The van der Waals surface area contributed by atoms with E-state index >= 15 is 0 Å². The first-order chi connectivity index (χ1) is 12.5. The molecule has 0 saturated carbocycles. The molecule has 0 aliphatic carbocycles. The van der Waals surface area contributed by atoms with E-state index in [4.69, 9.17) is 4.74 Å². The maximum atomic E-state index is 12.6. The quantitative estimate of drug-likeness (QED) is 0.676. The lowest BCUT2D eigenvalue weighted by Crippen LogP contribution is -2.11. The molecule has 0 saturated heterocycles. The van der Waals surface area contributed by atoms with E-state index in [2.05, 4.69) is 34.3 Å². The van der Waals surface area contributed by atoms with Gasteiger partial charge in [-0.1, -0.05) is 25.2 Å². The zero-order valence-electron chi connectivity index (χ0n) is 15.1. The summed E-state index contributed by atoms with van der Waals surface area (Å²) in [5, 5.41) is 13.3. The highest BCUT2D eigenvalue weighted by Gasteiger charge is 2.18. The van der Waals surface area contributed by atoms with Crippen LogP contribution in [-0.2, 0) is 6.42 Å². The van der Waals surface area contributed by atoms with Gasteiger partial charge in [-0.05, 0) is 37.1 Å². The van der Waals surface area contributed by atoms with E-state index in [1.54, 1.807) is 7.11 Å². The summed E-state index contributed by atoms with van der Waals surface area (Å²) >= 11 is 2.78. The molecular weight excluding hydrogens is 368 g/mol. The minimum atomic E-state index is -0.202. The van der Waals surface area contributed by atoms with Crippen LogP contribution in [0.3, 0.4) is 0 Å². The molecule has 1 amide bonds. The number of aromatic nitrogens is 3. The summed E-state index contributed by atoms with van der Waals surface area (Å²) in [6.45, 7) is 6.09. The number of nitrogens with zero attached hydrogens (tertiary/aromatic N) is 3. The second kappa shape index (κ2) is 7.92. The van der Waals surface area contributed by atoms with Gasteiger partial charge in [-0.2, -0.15) is 0 Å². The number of anilines is 1. The van der Waals surface area contributed by atoms with Gasteiger partial charge in [-0.25, -0.2) is 4.98 Å². The zero-order chi connectivity index (χ0) is 18.7. The molecular formula is C18H20N4O2S2. The molecule has 0 bridgehead atoms. The number of aryl methyl sites for hydroxylation is 1. The molecule has 3 aromatic rings. The van der Waals surface area contributed by atoms with Crippen LogP contribution in [0.25, 0.3) is 10.6 Å². The van der Waals surface area contributed by atoms with E-state index in [0.29, 0.717) is 21.6 Å². The van der Waals surface area contributed by atoms with Crippen LogP contribution in [-0.4, -0.2) is 28.2 Å². The fourth-order valence-electron chi connectivity index (χ4n) is 2.35. The number of amides is 1. The Bertz CT molecular complexity index is 900. The third kappa shape index (κ3) is 4.25. The number of rotatable bonds is 6. The SMILES string of the molecule is COc1ccc(-c2nc(C)c(C(=O)Nc3nnc(CC(C)C)s3)s2)cc1. The molecule has 0 aliphatic rings. The van der Waals surface area contributed by atoms with Crippen LogP contribution in [0.5, 0.6) is 5.75 Å². The van der Waals surface area contributed by atoms with E-state index in [0.717, 1.165) is 27.7 Å². The Morgan fingerprint density at radius 2 is 1.92 bits per heavy atom. The average Bonchev–Trinajstić information content (AvgIpc) is 3.21. The Labute approximate surface area is 160 Å². The molecule has 0 aliphatic heterocycles. The van der Waals surface area contributed by atoms with Crippen molar-refractivity contribution in [1.82, 2.24) is 15.2 Å². The van der Waals surface area contributed by atoms with Crippen molar-refractivity contribution in [2.75, 3.05) is 12.4 Å². The second-order valence-electron chi connectivity index (χ2n) is 6.22. The fraction of sp³-hybridized carbons (Fsp3) is 0.333. The minimum absolute atomic E-state index is 0.202. The number of methoxy groups -OCH3 is 1. The first-order valence-electron chi connectivity index (χ1n) is 8.22. The summed E-state index contributed by atoms with van der Waals surface area (Å²) in [5.41, 5.74) is 1.65. The smallest absolute Gasteiger partial charge is 0.269 e. The van der Waals surface area contributed by atoms with Gasteiger partial charge in [0.1, 0.15) is 20.6 Å². The van der Waals surface area contributed by atoms with Crippen molar-refractivity contribution in [2.24, 2.45) is 5.92 Å². The summed E-state index contributed by atoms with van der Waals surface area (Å²) in [4.78, 5) is 17.7. The summed E-state index contributed by atoms with van der Waals surface area (Å²) in [7, 11) is 1.63. The first-order valence-corrected chi connectivity index (χ1v) is 9.85. The fourth-order valence-corrected chi connectivity index (χ4v) is 4.27. The number of carbonyl (C=O) groups excluding carboxylic acids is 1. The van der Waals surface area contributed by atoms with Crippen molar-refractivity contribution >= 4 is 33.7 Å². The van der Waals surface area contributed by atoms with Gasteiger partial charge in [-0.3, -0.25) is 10.1 Å². The second-order valence-corrected chi connectivity index (χ2v) is 8.28. The Morgan fingerprint density at radius 3 is 2.58 bits per heavy atom. The summed E-state index contributed by atoms with van der Waals surface area (Å²) in [5.74, 6) is 1.09. The maximum Gasteiger partial charge on any atom is 0.269 e. The normalized spacial score (nSPS) is 11.0. The van der Waals surface area contributed by atoms with Gasteiger partial charge in [0.05, 0.1) is 12.8 Å². The zero-order valence-corrected chi connectivity index (χ0v) is 16.7.